The van der Waals surface area contributed by atoms with Gasteiger partial charge in [0, 0.05) is 31.9 Å². The van der Waals surface area contributed by atoms with Crippen molar-refractivity contribution in [3.63, 3.8) is 0 Å². The standard InChI is InChI=1S/C12H20N2O/c1-9-6-5-7-10(14(3)4)12(9)11(15)8-13-2/h5-7,11,13,15H,8H2,1-4H3. The molecule has 2 N–H and O–H groups in total. The van der Waals surface area contributed by atoms with E-state index in [2.05, 4.69) is 5.32 Å². The van der Waals surface area contributed by atoms with Gasteiger partial charge in [0.1, 0.15) is 0 Å². The highest BCUT2D eigenvalue weighted by molar-refractivity contribution is 5.56. The summed E-state index contributed by atoms with van der Waals surface area (Å²) >= 11 is 0. The van der Waals surface area contributed by atoms with E-state index in [1.54, 1.807) is 0 Å². The average molecular weight is 208 g/mol. The lowest BCUT2D eigenvalue weighted by molar-refractivity contribution is 0.177. The summed E-state index contributed by atoms with van der Waals surface area (Å²) in [5.74, 6) is 0. The third kappa shape index (κ3) is 2.70. The van der Waals surface area contributed by atoms with Gasteiger partial charge in [0.2, 0.25) is 0 Å². The summed E-state index contributed by atoms with van der Waals surface area (Å²) in [7, 11) is 5.82. The third-order valence-electron chi connectivity index (χ3n) is 2.51. The zero-order valence-corrected chi connectivity index (χ0v) is 9.91. The van der Waals surface area contributed by atoms with Crippen LogP contribution in [-0.2, 0) is 0 Å². The van der Waals surface area contributed by atoms with E-state index in [-0.39, 0.29) is 0 Å². The van der Waals surface area contributed by atoms with Gasteiger partial charge in [0.25, 0.3) is 0 Å². The molecule has 84 valence electrons. The van der Waals surface area contributed by atoms with Crippen molar-refractivity contribution < 1.29 is 5.11 Å². The number of anilines is 1. The lowest BCUT2D eigenvalue weighted by Gasteiger charge is -2.22. The van der Waals surface area contributed by atoms with Gasteiger partial charge in [-0.25, -0.2) is 0 Å². The molecule has 1 unspecified atom stereocenters. The van der Waals surface area contributed by atoms with Crippen LogP contribution in [0.15, 0.2) is 18.2 Å². The van der Waals surface area contributed by atoms with Crippen LogP contribution in [0.4, 0.5) is 5.69 Å². The van der Waals surface area contributed by atoms with E-state index in [1.807, 2.05) is 51.2 Å². The summed E-state index contributed by atoms with van der Waals surface area (Å²) in [6.07, 6.45) is -0.450. The highest BCUT2D eigenvalue weighted by atomic mass is 16.3. The summed E-state index contributed by atoms with van der Waals surface area (Å²) in [6, 6.07) is 6.07. The van der Waals surface area contributed by atoms with Gasteiger partial charge in [-0.15, -0.1) is 0 Å². The molecule has 1 rings (SSSR count). The van der Waals surface area contributed by atoms with Gasteiger partial charge in [-0.3, -0.25) is 0 Å². The van der Waals surface area contributed by atoms with Gasteiger partial charge in [-0.1, -0.05) is 12.1 Å². The van der Waals surface area contributed by atoms with Crippen molar-refractivity contribution in [3.05, 3.63) is 29.3 Å². The Kier molecular flexibility index (Phi) is 4.12. The molecule has 0 fully saturated rings. The first-order valence-electron chi connectivity index (χ1n) is 5.17. The van der Waals surface area contributed by atoms with Gasteiger partial charge in [0.05, 0.1) is 6.10 Å². The smallest absolute Gasteiger partial charge is 0.0936 e. The number of aliphatic hydroxyl groups excluding tert-OH is 1. The van der Waals surface area contributed by atoms with Crippen LogP contribution < -0.4 is 10.2 Å². The van der Waals surface area contributed by atoms with Crippen LogP contribution in [-0.4, -0.2) is 32.8 Å². The Morgan fingerprint density at radius 3 is 2.60 bits per heavy atom. The summed E-state index contributed by atoms with van der Waals surface area (Å²) in [4.78, 5) is 2.03. The number of rotatable bonds is 4. The summed E-state index contributed by atoms with van der Waals surface area (Å²) < 4.78 is 0. The SMILES string of the molecule is CNCC(O)c1c(C)cccc1N(C)C. The number of aliphatic hydroxyl groups is 1. The molecule has 1 aromatic rings. The Bertz CT molecular complexity index is 323. The number of likely N-dealkylation sites (N-methyl/N-ethyl adjacent to an activating group) is 1. The minimum atomic E-state index is -0.450. The van der Waals surface area contributed by atoms with E-state index in [4.69, 9.17) is 0 Å². The van der Waals surface area contributed by atoms with Crippen molar-refractivity contribution in [2.45, 2.75) is 13.0 Å². The molecular weight excluding hydrogens is 188 g/mol. The maximum absolute atomic E-state index is 10.0. The minimum Gasteiger partial charge on any atom is -0.387 e. The topological polar surface area (TPSA) is 35.5 Å². The van der Waals surface area contributed by atoms with Crippen LogP contribution >= 0.6 is 0 Å². The monoisotopic (exact) mass is 208 g/mol. The van der Waals surface area contributed by atoms with E-state index >= 15 is 0 Å². The number of aryl methyl sites for hydroxylation is 1. The van der Waals surface area contributed by atoms with E-state index in [1.165, 1.54) is 0 Å². The molecule has 0 spiro atoms. The Labute approximate surface area is 91.7 Å². The highest BCUT2D eigenvalue weighted by Crippen LogP contribution is 2.27. The molecule has 0 saturated heterocycles. The molecule has 1 atom stereocenters. The molecule has 0 saturated carbocycles. The minimum absolute atomic E-state index is 0.450. The van der Waals surface area contributed by atoms with Crippen molar-refractivity contribution >= 4 is 5.69 Å². The van der Waals surface area contributed by atoms with Crippen LogP contribution in [0.2, 0.25) is 0 Å². The molecule has 0 aliphatic rings. The second-order valence-electron chi connectivity index (χ2n) is 3.98. The van der Waals surface area contributed by atoms with E-state index < -0.39 is 6.10 Å². The quantitative estimate of drug-likeness (QED) is 0.783. The van der Waals surface area contributed by atoms with Gasteiger partial charge in [0.15, 0.2) is 0 Å². The Morgan fingerprint density at radius 2 is 2.07 bits per heavy atom. The summed E-state index contributed by atoms with van der Waals surface area (Å²) in [6.45, 7) is 2.60. The predicted molar refractivity (Wildman–Crippen MR) is 64.4 cm³/mol. The van der Waals surface area contributed by atoms with Gasteiger partial charge in [-0.05, 0) is 25.6 Å². The number of nitrogens with zero attached hydrogens (tertiary/aromatic N) is 1. The molecule has 1 aromatic carbocycles. The van der Waals surface area contributed by atoms with E-state index in [9.17, 15) is 5.11 Å². The average Bonchev–Trinajstić information content (AvgIpc) is 2.17. The van der Waals surface area contributed by atoms with Gasteiger partial charge < -0.3 is 15.3 Å². The largest absolute Gasteiger partial charge is 0.387 e. The molecule has 0 aromatic heterocycles. The fraction of sp³-hybridized carbons (Fsp3) is 0.500. The van der Waals surface area contributed by atoms with E-state index in [0.29, 0.717) is 6.54 Å². The summed E-state index contributed by atoms with van der Waals surface area (Å²) in [5.41, 5.74) is 3.22. The maximum Gasteiger partial charge on any atom is 0.0936 e. The van der Waals surface area contributed by atoms with E-state index in [0.717, 1.165) is 16.8 Å². The molecule has 3 heteroatoms. The van der Waals surface area contributed by atoms with Crippen molar-refractivity contribution in [2.24, 2.45) is 0 Å². The molecule has 0 aliphatic carbocycles. The van der Waals surface area contributed by atoms with Crippen LogP contribution in [0, 0.1) is 6.92 Å². The normalized spacial score (nSPS) is 12.6. The van der Waals surface area contributed by atoms with Crippen molar-refractivity contribution in [2.75, 3.05) is 32.6 Å². The number of hydrogen-bond acceptors (Lipinski definition) is 3. The predicted octanol–water partition coefficient (Wildman–Crippen LogP) is 1.31. The zero-order valence-electron chi connectivity index (χ0n) is 9.91. The Hall–Kier alpha value is -1.06. The van der Waals surface area contributed by atoms with Gasteiger partial charge in [-0.2, -0.15) is 0 Å². The molecular formula is C12H20N2O. The second kappa shape index (κ2) is 5.14. The van der Waals surface area contributed by atoms with Crippen LogP contribution in [0.25, 0.3) is 0 Å². The number of nitrogens with one attached hydrogen (secondary N) is 1. The third-order valence-corrected chi connectivity index (χ3v) is 2.51. The Morgan fingerprint density at radius 1 is 1.40 bits per heavy atom. The van der Waals surface area contributed by atoms with Crippen LogP contribution in [0.1, 0.15) is 17.2 Å². The number of hydrogen-bond donors (Lipinski definition) is 2. The molecule has 15 heavy (non-hydrogen) atoms. The molecule has 3 nitrogen and oxygen atoms in total. The first-order chi connectivity index (χ1) is 7.07. The summed E-state index contributed by atoms with van der Waals surface area (Å²) in [5, 5.41) is 13.0. The second-order valence-corrected chi connectivity index (χ2v) is 3.98. The van der Waals surface area contributed by atoms with Crippen LogP contribution in [0.3, 0.4) is 0 Å². The fourth-order valence-electron chi connectivity index (χ4n) is 1.78. The highest BCUT2D eigenvalue weighted by Gasteiger charge is 2.15. The lowest BCUT2D eigenvalue weighted by atomic mass is 10.0. The Balaban J connectivity index is 3.12. The van der Waals surface area contributed by atoms with Crippen molar-refractivity contribution in [1.29, 1.82) is 0 Å². The number of benzene rings is 1. The lowest BCUT2D eigenvalue weighted by Crippen LogP contribution is -2.21. The first-order valence-corrected chi connectivity index (χ1v) is 5.17. The molecule has 0 amide bonds. The first kappa shape index (κ1) is 12.0. The van der Waals surface area contributed by atoms with Crippen molar-refractivity contribution in [3.8, 4) is 0 Å². The molecule has 0 aliphatic heterocycles. The fourth-order valence-corrected chi connectivity index (χ4v) is 1.78. The zero-order chi connectivity index (χ0) is 11.4. The molecule has 0 heterocycles. The maximum atomic E-state index is 10.0. The van der Waals surface area contributed by atoms with Crippen molar-refractivity contribution in [1.82, 2.24) is 5.32 Å². The van der Waals surface area contributed by atoms with Crippen LogP contribution in [0.5, 0.6) is 0 Å². The van der Waals surface area contributed by atoms with Gasteiger partial charge >= 0.3 is 0 Å². The molecule has 0 radical (unpaired) electrons. The molecule has 0 bridgehead atoms.